The van der Waals surface area contributed by atoms with E-state index in [1.54, 1.807) is 7.05 Å². The number of nitroso groups, excluding NO2 is 1. The molecular formula is C9H11N3O2. The first-order valence-electron chi connectivity index (χ1n) is 4.66. The molecule has 0 spiro atoms. The summed E-state index contributed by atoms with van der Waals surface area (Å²) in [6.45, 7) is 0. The molecule has 0 saturated carbocycles. The highest BCUT2D eigenvalue weighted by Crippen LogP contribution is 2.23. The summed E-state index contributed by atoms with van der Waals surface area (Å²) in [6.07, 6.45) is 3.89. The second-order valence-electron chi connectivity index (χ2n) is 3.50. The van der Waals surface area contributed by atoms with Crippen molar-refractivity contribution in [2.45, 2.75) is 25.7 Å². The van der Waals surface area contributed by atoms with Crippen molar-refractivity contribution in [2.24, 2.45) is 12.2 Å². The molecule has 0 N–H and O–H groups in total. The van der Waals surface area contributed by atoms with E-state index in [0.717, 1.165) is 36.9 Å². The highest BCUT2D eigenvalue weighted by atomic mass is 16.3. The minimum absolute atomic E-state index is 0.370. The van der Waals surface area contributed by atoms with Crippen molar-refractivity contribution < 1.29 is 4.79 Å². The van der Waals surface area contributed by atoms with Gasteiger partial charge in [0.15, 0.2) is 0 Å². The van der Waals surface area contributed by atoms with Crippen LogP contribution in [0.2, 0.25) is 0 Å². The van der Waals surface area contributed by atoms with E-state index >= 15 is 0 Å². The maximum absolute atomic E-state index is 11.2. The Hall–Kier alpha value is -1.52. The molecule has 1 amide bonds. The van der Waals surface area contributed by atoms with Crippen molar-refractivity contribution in [3.63, 3.8) is 0 Å². The second kappa shape index (κ2) is 3.32. The Morgan fingerprint density at radius 3 is 2.86 bits per heavy atom. The van der Waals surface area contributed by atoms with Crippen LogP contribution in [0.25, 0.3) is 0 Å². The van der Waals surface area contributed by atoms with Gasteiger partial charge in [-0.1, -0.05) is 0 Å². The highest BCUT2D eigenvalue weighted by Gasteiger charge is 2.23. The molecule has 0 radical (unpaired) electrons. The molecule has 1 aliphatic carbocycles. The topological polar surface area (TPSA) is 64.3 Å². The zero-order chi connectivity index (χ0) is 10.1. The molecule has 74 valence electrons. The molecule has 1 heterocycles. The van der Waals surface area contributed by atoms with Crippen LogP contribution >= 0.6 is 0 Å². The fraction of sp³-hybridized carbons (Fsp3) is 0.556. The number of aryl methyl sites for hydroxylation is 2. The lowest BCUT2D eigenvalue weighted by Crippen LogP contribution is -2.07. The van der Waals surface area contributed by atoms with Crippen molar-refractivity contribution in [3.05, 3.63) is 21.9 Å². The van der Waals surface area contributed by atoms with Gasteiger partial charge >= 0.3 is 5.91 Å². The normalized spacial score (nSPS) is 14.9. The molecule has 14 heavy (non-hydrogen) atoms. The molecule has 1 aromatic heterocycles. The van der Waals surface area contributed by atoms with E-state index in [1.165, 1.54) is 4.68 Å². The minimum Gasteiger partial charge on any atom is -0.262 e. The number of carbonyl (C=O) groups excluding carboxylic acids is 1. The first kappa shape index (κ1) is 9.05. The van der Waals surface area contributed by atoms with E-state index in [0.29, 0.717) is 5.69 Å². The van der Waals surface area contributed by atoms with E-state index in [9.17, 15) is 9.70 Å². The van der Waals surface area contributed by atoms with Crippen LogP contribution < -0.4 is 0 Å². The third-order valence-electron chi connectivity index (χ3n) is 2.60. The van der Waals surface area contributed by atoms with Gasteiger partial charge in [0, 0.05) is 17.8 Å². The molecule has 5 nitrogen and oxygen atoms in total. The third kappa shape index (κ3) is 1.25. The largest absolute Gasteiger partial charge is 0.334 e. The fourth-order valence-corrected chi connectivity index (χ4v) is 1.99. The molecule has 0 aromatic carbocycles. The van der Waals surface area contributed by atoms with Crippen LogP contribution in [0.3, 0.4) is 0 Å². The highest BCUT2D eigenvalue weighted by molar-refractivity contribution is 5.94. The summed E-state index contributed by atoms with van der Waals surface area (Å²) in [7, 11) is 1.68. The molecule has 0 bridgehead atoms. The summed E-state index contributed by atoms with van der Waals surface area (Å²) in [6, 6.07) is 0. The second-order valence-corrected chi connectivity index (χ2v) is 3.50. The van der Waals surface area contributed by atoms with E-state index in [4.69, 9.17) is 0 Å². The average molecular weight is 193 g/mol. The van der Waals surface area contributed by atoms with Crippen LogP contribution in [-0.4, -0.2) is 15.7 Å². The SMILES string of the molecule is Cn1nc2c(c1C(=O)N=O)CCCC2. The summed E-state index contributed by atoms with van der Waals surface area (Å²) in [5, 5.41) is 6.67. The number of amides is 1. The van der Waals surface area contributed by atoms with Crippen LogP contribution in [0.1, 0.15) is 34.6 Å². The van der Waals surface area contributed by atoms with Crippen molar-refractivity contribution in [1.29, 1.82) is 0 Å². The molecule has 5 heteroatoms. The molecule has 2 rings (SSSR count). The number of aromatic nitrogens is 2. The monoisotopic (exact) mass is 193 g/mol. The average Bonchev–Trinajstić information content (AvgIpc) is 2.53. The van der Waals surface area contributed by atoms with Crippen molar-refractivity contribution in [2.75, 3.05) is 0 Å². The summed E-state index contributed by atoms with van der Waals surface area (Å²) in [5.41, 5.74) is 2.24. The van der Waals surface area contributed by atoms with E-state index < -0.39 is 5.91 Å². The Labute approximate surface area is 81.1 Å². The van der Waals surface area contributed by atoms with E-state index in [2.05, 4.69) is 10.3 Å². The molecule has 0 atom stereocenters. The number of hydrogen-bond donors (Lipinski definition) is 0. The molecule has 1 aliphatic rings. The number of carbonyl (C=O) groups is 1. The molecule has 0 saturated heterocycles. The molecule has 0 aliphatic heterocycles. The Kier molecular flexibility index (Phi) is 2.15. The number of hydrogen-bond acceptors (Lipinski definition) is 3. The summed E-state index contributed by atoms with van der Waals surface area (Å²) >= 11 is 0. The fourth-order valence-electron chi connectivity index (χ4n) is 1.99. The van der Waals surface area contributed by atoms with Gasteiger partial charge < -0.3 is 0 Å². The Morgan fingerprint density at radius 1 is 1.43 bits per heavy atom. The van der Waals surface area contributed by atoms with Gasteiger partial charge in [-0.3, -0.25) is 9.48 Å². The number of rotatable bonds is 1. The van der Waals surface area contributed by atoms with Gasteiger partial charge in [0.05, 0.1) is 5.69 Å². The van der Waals surface area contributed by atoms with Gasteiger partial charge in [0.25, 0.3) is 0 Å². The summed E-state index contributed by atoms with van der Waals surface area (Å²) in [5.74, 6) is -0.705. The van der Waals surface area contributed by atoms with Crippen LogP contribution in [0.5, 0.6) is 0 Å². The first-order chi connectivity index (χ1) is 6.74. The molecule has 0 unspecified atom stereocenters. The third-order valence-corrected chi connectivity index (χ3v) is 2.60. The Balaban J connectivity index is 2.52. The lowest BCUT2D eigenvalue weighted by Gasteiger charge is -2.08. The van der Waals surface area contributed by atoms with Crippen LogP contribution in [0.15, 0.2) is 5.18 Å². The van der Waals surface area contributed by atoms with Crippen molar-refractivity contribution in [3.8, 4) is 0 Å². The van der Waals surface area contributed by atoms with Crippen LogP contribution in [0, 0.1) is 4.91 Å². The predicted octanol–water partition coefficient (Wildman–Crippen LogP) is 1.21. The van der Waals surface area contributed by atoms with Gasteiger partial charge in [-0.25, -0.2) is 0 Å². The van der Waals surface area contributed by atoms with Crippen molar-refractivity contribution in [1.82, 2.24) is 9.78 Å². The van der Waals surface area contributed by atoms with Gasteiger partial charge in [-0.15, -0.1) is 4.91 Å². The number of nitrogens with zero attached hydrogens (tertiary/aromatic N) is 3. The standard InChI is InChI=1S/C9H11N3O2/c1-12-8(9(13)11-14)6-4-2-3-5-7(6)10-12/h2-5H2,1H3. The molecule has 0 fully saturated rings. The Bertz CT molecular complexity index is 395. The maximum Gasteiger partial charge on any atom is 0.334 e. The zero-order valence-corrected chi connectivity index (χ0v) is 7.99. The van der Waals surface area contributed by atoms with E-state index in [1.807, 2.05) is 0 Å². The van der Waals surface area contributed by atoms with Gasteiger partial charge in [-0.05, 0) is 25.7 Å². The molecule has 1 aromatic rings. The van der Waals surface area contributed by atoms with Gasteiger partial charge in [-0.2, -0.15) is 5.10 Å². The number of fused-ring (bicyclic) bond motifs is 1. The van der Waals surface area contributed by atoms with Crippen LogP contribution in [-0.2, 0) is 19.9 Å². The predicted molar refractivity (Wildman–Crippen MR) is 50.0 cm³/mol. The lowest BCUT2D eigenvalue weighted by atomic mass is 9.96. The van der Waals surface area contributed by atoms with Crippen molar-refractivity contribution >= 4 is 5.91 Å². The van der Waals surface area contributed by atoms with Crippen LogP contribution in [0.4, 0.5) is 0 Å². The maximum atomic E-state index is 11.2. The minimum atomic E-state index is -0.705. The zero-order valence-electron chi connectivity index (χ0n) is 7.99. The van der Waals surface area contributed by atoms with E-state index in [-0.39, 0.29) is 0 Å². The lowest BCUT2D eigenvalue weighted by molar-refractivity contribution is 0.0991. The quantitative estimate of drug-likeness (QED) is 0.629. The van der Waals surface area contributed by atoms with Gasteiger partial charge in [0.1, 0.15) is 5.69 Å². The van der Waals surface area contributed by atoms with Gasteiger partial charge in [0.2, 0.25) is 0 Å². The Morgan fingerprint density at radius 2 is 2.14 bits per heavy atom. The summed E-state index contributed by atoms with van der Waals surface area (Å²) < 4.78 is 1.47. The summed E-state index contributed by atoms with van der Waals surface area (Å²) in [4.78, 5) is 21.4. The smallest absolute Gasteiger partial charge is 0.262 e. The first-order valence-corrected chi connectivity index (χ1v) is 4.66. The molecular weight excluding hydrogens is 182 g/mol.